The smallest absolute Gasteiger partial charge is 0.343 e. The van der Waals surface area contributed by atoms with E-state index in [4.69, 9.17) is 4.74 Å². The van der Waals surface area contributed by atoms with E-state index >= 15 is 0 Å². The van der Waals surface area contributed by atoms with Crippen molar-refractivity contribution in [2.75, 3.05) is 6.61 Å². The van der Waals surface area contributed by atoms with Gasteiger partial charge in [-0.25, -0.2) is 4.79 Å². The number of pyridine rings is 1. The molecule has 0 radical (unpaired) electrons. The summed E-state index contributed by atoms with van der Waals surface area (Å²) in [5.74, 6) is -0.771. The molecule has 0 aliphatic rings. The molecular weight excluding hydrogens is 222 g/mol. The van der Waals surface area contributed by atoms with Crippen LogP contribution in [0.2, 0.25) is 0 Å². The zero-order chi connectivity index (χ0) is 12.4. The largest absolute Gasteiger partial charge is 0.806 e. The quantitative estimate of drug-likeness (QED) is 0.736. The van der Waals surface area contributed by atoms with E-state index in [2.05, 4.69) is 0 Å². The zero-order valence-electron chi connectivity index (χ0n) is 9.17. The average Bonchev–Trinajstić information content (AvgIpc) is 2.34. The van der Waals surface area contributed by atoms with Crippen molar-refractivity contribution in [2.45, 2.75) is 6.92 Å². The number of rotatable bonds is 2. The molecule has 1 aromatic carbocycles. The fourth-order valence-corrected chi connectivity index (χ4v) is 1.60. The fraction of sp³-hybridized carbons (Fsp3) is 0.167. The summed E-state index contributed by atoms with van der Waals surface area (Å²) in [5, 5.41) is 11.8. The van der Waals surface area contributed by atoms with Crippen molar-refractivity contribution in [1.82, 2.24) is 4.73 Å². The Morgan fingerprint density at radius 2 is 2.12 bits per heavy atom. The summed E-state index contributed by atoms with van der Waals surface area (Å²) in [6, 6.07) is 6.33. The molecule has 0 N–H and O–H groups in total. The monoisotopic (exact) mass is 232 g/mol. The zero-order valence-corrected chi connectivity index (χ0v) is 9.17. The van der Waals surface area contributed by atoms with Crippen LogP contribution in [-0.4, -0.2) is 17.3 Å². The number of hydrogen-bond donors (Lipinski definition) is 0. The number of carbonyl (C=O) groups excluding carboxylic acids is 1. The number of aromatic nitrogens is 1. The van der Waals surface area contributed by atoms with Crippen LogP contribution in [0.25, 0.3) is 10.9 Å². The highest BCUT2D eigenvalue weighted by atomic mass is 16.5. The molecule has 2 aromatic rings. The molecule has 5 heteroatoms. The number of para-hydroxylation sites is 1. The van der Waals surface area contributed by atoms with Crippen LogP contribution in [0.15, 0.2) is 35.3 Å². The van der Waals surface area contributed by atoms with Gasteiger partial charge in [0.05, 0.1) is 6.61 Å². The van der Waals surface area contributed by atoms with Gasteiger partial charge in [0.15, 0.2) is 0 Å². The molecule has 0 aliphatic carbocycles. The molecule has 0 fully saturated rings. The van der Waals surface area contributed by atoms with E-state index in [1.807, 2.05) is 0 Å². The Bertz CT molecular complexity index is 630. The first-order valence-corrected chi connectivity index (χ1v) is 5.14. The lowest BCUT2D eigenvalue weighted by Crippen LogP contribution is -2.19. The lowest BCUT2D eigenvalue weighted by Gasteiger charge is -2.15. The lowest BCUT2D eigenvalue weighted by molar-refractivity contribution is 0.0524. The first-order chi connectivity index (χ1) is 8.15. The SMILES string of the molecule is CCOC(=O)c1cn([O-])c2ccccc2c1=O. The Morgan fingerprint density at radius 3 is 2.82 bits per heavy atom. The van der Waals surface area contributed by atoms with Crippen LogP contribution < -0.4 is 5.43 Å². The summed E-state index contributed by atoms with van der Waals surface area (Å²) in [4.78, 5) is 23.4. The standard InChI is InChI=1S/C12H10NO4/c1-2-17-12(15)9-7-13(16)10-6-4-3-5-8(10)11(9)14/h3-7H,2H2,1H3/q-1. The maximum absolute atomic E-state index is 11.9. The molecule has 0 saturated heterocycles. The molecular formula is C12H10NO4-. The van der Waals surface area contributed by atoms with Crippen LogP contribution in [0, 0.1) is 5.21 Å². The summed E-state index contributed by atoms with van der Waals surface area (Å²) >= 11 is 0. The number of benzene rings is 1. The number of esters is 1. The number of nitrogens with zero attached hydrogens (tertiary/aromatic N) is 1. The van der Waals surface area contributed by atoms with E-state index in [1.165, 1.54) is 12.1 Å². The van der Waals surface area contributed by atoms with Gasteiger partial charge in [-0.05, 0) is 19.1 Å². The van der Waals surface area contributed by atoms with E-state index in [0.29, 0.717) is 4.73 Å². The molecule has 0 spiro atoms. The van der Waals surface area contributed by atoms with Crippen molar-refractivity contribution >= 4 is 16.9 Å². The minimum absolute atomic E-state index is 0.157. The minimum Gasteiger partial charge on any atom is -0.806 e. The second-order valence-corrected chi connectivity index (χ2v) is 3.44. The molecule has 0 unspecified atom stereocenters. The Labute approximate surface area is 96.8 Å². The number of hydrogen-bond acceptors (Lipinski definition) is 4. The van der Waals surface area contributed by atoms with E-state index in [9.17, 15) is 14.8 Å². The van der Waals surface area contributed by atoms with Gasteiger partial charge in [0.25, 0.3) is 0 Å². The highest BCUT2D eigenvalue weighted by Gasteiger charge is 2.13. The Balaban J connectivity index is 2.71. The lowest BCUT2D eigenvalue weighted by atomic mass is 10.1. The molecule has 17 heavy (non-hydrogen) atoms. The van der Waals surface area contributed by atoms with Gasteiger partial charge in [0.2, 0.25) is 5.43 Å². The van der Waals surface area contributed by atoms with Gasteiger partial charge in [-0.3, -0.25) is 4.79 Å². The van der Waals surface area contributed by atoms with Gasteiger partial charge >= 0.3 is 5.97 Å². The summed E-state index contributed by atoms with van der Waals surface area (Å²) in [5.41, 5.74) is -0.475. The second kappa shape index (κ2) is 4.29. The molecule has 0 bridgehead atoms. The highest BCUT2D eigenvalue weighted by molar-refractivity contribution is 5.93. The van der Waals surface area contributed by atoms with Crippen LogP contribution >= 0.6 is 0 Å². The Kier molecular flexibility index (Phi) is 2.82. The molecule has 0 saturated carbocycles. The molecule has 88 valence electrons. The van der Waals surface area contributed by atoms with Crippen molar-refractivity contribution in [3.63, 3.8) is 0 Å². The van der Waals surface area contributed by atoms with Crippen molar-refractivity contribution < 1.29 is 9.53 Å². The fourth-order valence-electron chi connectivity index (χ4n) is 1.60. The summed E-state index contributed by atoms with van der Waals surface area (Å²) in [6.45, 7) is 1.79. The third-order valence-corrected chi connectivity index (χ3v) is 2.37. The molecule has 0 aliphatic heterocycles. The van der Waals surface area contributed by atoms with Crippen molar-refractivity contribution in [2.24, 2.45) is 0 Å². The average molecular weight is 232 g/mol. The normalized spacial score (nSPS) is 10.4. The van der Waals surface area contributed by atoms with Crippen LogP contribution in [0.3, 0.4) is 0 Å². The third kappa shape index (κ3) is 1.87. The van der Waals surface area contributed by atoms with Crippen LogP contribution in [0.1, 0.15) is 17.3 Å². The van der Waals surface area contributed by atoms with Crippen molar-refractivity contribution in [1.29, 1.82) is 0 Å². The summed E-state index contributed by atoms with van der Waals surface area (Å²) in [6.07, 6.45) is 0.961. The van der Waals surface area contributed by atoms with Gasteiger partial charge < -0.3 is 14.7 Å². The number of carbonyl (C=O) groups is 1. The maximum Gasteiger partial charge on any atom is 0.343 e. The Morgan fingerprint density at radius 1 is 1.41 bits per heavy atom. The summed E-state index contributed by atoms with van der Waals surface area (Å²) < 4.78 is 5.22. The molecule has 2 rings (SSSR count). The molecule has 0 amide bonds. The van der Waals surface area contributed by atoms with Crippen LogP contribution in [-0.2, 0) is 4.74 Å². The van der Waals surface area contributed by atoms with Crippen molar-refractivity contribution in [3.8, 4) is 0 Å². The van der Waals surface area contributed by atoms with Gasteiger partial charge in [-0.15, -0.1) is 0 Å². The van der Waals surface area contributed by atoms with E-state index < -0.39 is 11.4 Å². The highest BCUT2D eigenvalue weighted by Crippen LogP contribution is 2.10. The topological polar surface area (TPSA) is 71.4 Å². The Hall–Kier alpha value is -2.30. The predicted molar refractivity (Wildman–Crippen MR) is 62.9 cm³/mol. The number of fused-ring (bicyclic) bond motifs is 1. The minimum atomic E-state index is -0.771. The van der Waals surface area contributed by atoms with E-state index in [1.54, 1.807) is 19.1 Å². The summed E-state index contributed by atoms with van der Waals surface area (Å²) in [7, 11) is 0. The van der Waals surface area contributed by atoms with Crippen LogP contribution in [0.5, 0.6) is 0 Å². The van der Waals surface area contributed by atoms with Gasteiger partial charge in [-0.2, -0.15) is 0 Å². The van der Waals surface area contributed by atoms with Gasteiger partial charge in [-0.1, -0.05) is 12.1 Å². The first kappa shape index (κ1) is 11.2. The molecule has 0 atom stereocenters. The van der Waals surface area contributed by atoms with Crippen LogP contribution in [0.4, 0.5) is 0 Å². The predicted octanol–water partition coefficient (Wildman–Crippen LogP) is 1.52. The van der Waals surface area contributed by atoms with E-state index in [0.717, 1.165) is 6.20 Å². The molecule has 5 nitrogen and oxygen atoms in total. The first-order valence-electron chi connectivity index (χ1n) is 5.14. The van der Waals surface area contributed by atoms with Crippen molar-refractivity contribution in [3.05, 3.63) is 51.5 Å². The maximum atomic E-state index is 11.9. The van der Waals surface area contributed by atoms with Gasteiger partial charge in [0.1, 0.15) is 5.56 Å². The molecule has 1 heterocycles. The second-order valence-electron chi connectivity index (χ2n) is 3.44. The van der Waals surface area contributed by atoms with Gasteiger partial charge in [0, 0.05) is 17.1 Å². The van der Waals surface area contributed by atoms with E-state index in [-0.39, 0.29) is 23.1 Å². The third-order valence-electron chi connectivity index (χ3n) is 2.37. The number of ether oxygens (including phenoxy) is 1. The molecule has 1 aromatic heterocycles.